The normalized spacial score (nSPS) is 14.1. The highest BCUT2D eigenvalue weighted by molar-refractivity contribution is 5.80. The standard InChI is InChI=1S/C21H23FN2O3/c1-16-5-7-19(8-6-16)27-15-21(26)24-11-9-23(10-12-24)20(25)14-17-3-2-4-18(22)13-17/h2-8,13H,9-12,14-15H2,1H3. The van der Waals surface area contributed by atoms with Gasteiger partial charge in [0.2, 0.25) is 5.91 Å². The molecule has 0 spiro atoms. The Balaban J connectivity index is 1.44. The predicted octanol–water partition coefficient (Wildman–Crippen LogP) is 2.43. The summed E-state index contributed by atoms with van der Waals surface area (Å²) < 4.78 is 18.8. The fourth-order valence-corrected chi connectivity index (χ4v) is 3.01. The molecule has 2 aromatic rings. The molecule has 2 aromatic carbocycles. The van der Waals surface area contributed by atoms with Gasteiger partial charge >= 0.3 is 0 Å². The Morgan fingerprint density at radius 1 is 0.963 bits per heavy atom. The summed E-state index contributed by atoms with van der Waals surface area (Å²) in [4.78, 5) is 28.1. The number of nitrogens with zero attached hydrogens (tertiary/aromatic N) is 2. The quantitative estimate of drug-likeness (QED) is 0.812. The topological polar surface area (TPSA) is 49.9 Å². The summed E-state index contributed by atoms with van der Waals surface area (Å²) in [6.07, 6.45) is 0.169. The van der Waals surface area contributed by atoms with Gasteiger partial charge in [0.1, 0.15) is 11.6 Å². The number of aryl methyl sites for hydroxylation is 1. The van der Waals surface area contributed by atoms with E-state index in [9.17, 15) is 14.0 Å². The van der Waals surface area contributed by atoms with Gasteiger partial charge in [-0.15, -0.1) is 0 Å². The number of piperazine rings is 1. The van der Waals surface area contributed by atoms with E-state index in [-0.39, 0.29) is 30.7 Å². The highest BCUT2D eigenvalue weighted by Crippen LogP contribution is 2.12. The fraction of sp³-hybridized carbons (Fsp3) is 0.333. The molecule has 27 heavy (non-hydrogen) atoms. The summed E-state index contributed by atoms with van der Waals surface area (Å²) >= 11 is 0. The van der Waals surface area contributed by atoms with Crippen LogP contribution in [0.2, 0.25) is 0 Å². The molecule has 3 rings (SSSR count). The first-order valence-electron chi connectivity index (χ1n) is 9.01. The van der Waals surface area contributed by atoms with E-state index in [2.05, 4.69) is 0 Å². The Kier molecular flexibility index (Phi) is 6.06. The van der Waals surface area contributed by atoms with Crippen LogP contribution in [0.4, 0.5) is 4.39 Å². The molecule has 0 atom stereocenters. The predicted molar refractivity (Wildman–Crippen MR) is 99.9 cm³/mol. The molecule has 2 amide bonds. The van der Waals surface area contributed by atoms with Gasteiger partial charge in [0.25, 0.3) is 5.91 Å². The summed E-state index contributed by atoms with van der Waals surface area (Å²) in [6, 6.07) is 13.6. The number of ether oxygens (including phenoxy) is 1. The van der Waals surface area contributed by atoms with Crippen molar-refractivity contribution >= 4 is 11.8 Å². The van der Waals surface area contributed by atoms with Crippen LogP contribution in [0.3, 0.4) is 0 Å². The first-order valence-corrected chi connectivity index (χ1v) is 9.01. The molecule has 1 fully saturated rings. The van der Waals surface area contributed by atoms with Crippen LogP contribution in [0.15, 0.2) is 48.5 Å². The van der Waals surface area contributed by atoms with Crippen LogP contribution in [0.5, 0.6) is 5.75 Å². The van der Waals surface area contributed by atoms with E-state index in [0.717, 1.165) is 5.56 Å². The number of amides is 2. The maximum atomic E-state index is 13.2. The van der Waals surface area contributed by atoms with E-state index in [4.69, 9.17) is 4.74 Å². The molecule has 0 unspecified atom stereocenters. The first kappa shape index (κ1) is 18.9. The molecule has 0 bridgehead atoms. The molecule has 5 nitrogen and oxygen atoms in total. The second-order valence-corrected chi connectivity index (χ2v) is 6.67. The second-order valence-electron chi connectivity index (χ2n) is 6.67. The van der Waals surface area contributed by atoms with Crippen molar-refractivity contribution in [2.45, 2.75) is 13.3 Å². The number of benzene rings is 2. The van der Waals surface area contributed by atoms with E-state index in [1.54, 1.807) is 21.9 Å². The number of hydrogen-bond acceptors (Lipinski definition) is 3. The molecule has 1 aliphatic rings. The second kappa shape index (κ2) is 8.66. The van der Waals surface area contributed by atoms with Crippen molar-refractivity contribution < 1.29 is 18.7 Å². The number of carbonyl (C=O) groups is 2. The maximum absolute atomic E-state index is 13.2. The molecule has 1 heterocycles. The molecular weight excluding hydrogens is 347 g/mol. The average Bonchev–Trinajstić information content (AvgIpc) is 2.67. The lowest BCUT2D eigenvalue weighted by Crippen LogP contribution is -2.52. The number of halogens is 1. The van der Waals surface area contributed by atoms with Crippen molar-refractivity contribution in [3.63, 3.8) is 0 Å². The lowest BCUT2D eigenvalue weighted by atomic mass is 10.1. The Morgan fingerprint density at radius 2 is 1.59 bits per heavy atom. The SMILES string of the molecule is Cc1ccc(OCC(=O)N2CCN(C(=O)Cc3cccc(F)c3)CC2)cc1. The van der Waals surface area contributed by atoms with Crippen molar-refractivity contribution in [2.75, 3.05) is 32.8 Å². The summed E-state index contributed by atoms with van der Waals surface area (Å²) in [6.45, 7) is 3.88. The van der Waals surface area contributed by atoms with Crippen molar-refractivity contribution in [3.05, 3.63) is 65.5 Å². The summed E-state index contributed by atoms with van der Waals surface area (Å²) in [5.74, 6) is 0.179. The molecule has 1 saturated heterocycles. The lowest BCUT2D eigenvalue weighted by molar-refractivity contribution is -0.140. The van der Waals surface area contributed by atoms with E-state index < -0.39 is 0 Å². The van der Waals surface area contributed by atoms with Crippen molar-refractivity contribution in [1.29, 1.82) is 0 Å². The van der Waals surface area contributed by atoms with Crippen LogP contribution in [-0.2, 0) is 16.0 Å². The Hall–Kier alpha value is -2.89. The Bertz CT molecular complexity index is 799. The Labute approximate surface area is 158 Å². The van der Waals surface area contributed by atoms with Gasteiger partial charge in [-0.1, -0.05) is 29.8 Å². The van der Waals surface area contributed by atoms with Crippen molar-refractivity contribution in [3.8, 4) is 5.75 Å². The Morgan fingerprint density at radius 3 is 2.22 bits per heavy atom. The summed E-state index contributed by atoms with van der Waals surface area (Å²) in [7, 11) is 0. The van der Waals surface area contributed by atoms with Gasteiger partial charge < -0.3 is 14.5 Å². The third-order valence-electron chi connectivity index (χ3n) is 4.61. The van der Waals surface area contributed by atoms with Crippen LogP contribution in [0.1, 0.15) is 11.1 Å². The highest BCUT2D eigenvalue weighted by Gasteiger charge is 2.24. The van der Waals surface area contributed by atoms with Gasteiger partial charge in [-0.05, 0) is 36.8 Å². The monoisotopic (exact) mass is 370 g/mol. The van der Waals surface area contributed by atoms with E-state index >= 15 is 0 Å². The first-order chi connectivity index (χ1) is 13.0. The molecule has 142 valence electrons. The average molecular weight is 370 g/mol. The number of rotatable bonds is 5. The van der Waals surface area contributed by atoms with Gasteiger partial charge in [0.15, 0.2) is 6.61 Å². The van der Waals surface area contributed by atoms with E-state index in [1.165, 1.54) is 12.1 Å². The molecule has 0 aliphatic carbocycles. The number of carbonyl (C=O) groups excluding carboxylic acids is 2. The lowest BCUT2D eigenvalue weighted by Gasteiger charge is -2.34. The van der Waals surface area contributed by atoms with Gasteiger partial charge in [0, 0.05) is 26.2 Å². The van der Waals surface area contributed by atoms with Crippen molar-refractivity contribution in [2.24, 2.45) is 0 Å². The highest BCUT2D eigenvalue weighted by atomic mass is 19.1. The zero-order valence-electron chi connectivity index (χ0n) is 15.4. The van der Waals surface area contributed by atoms with Crippen LogP contribution in [-0.4, -0.2) is 54.4 Å². The van der Waals surface area contributed by atoms with Crippen LogP contribution in [0.25, 0.3) is 0 Å². The molecule has 0 saturated carbocycles. The maximum Gasteiger partial charge on any atom is 0.260 e. The zero-order valence-corrected chi connectivity index (χ0v) is 15.4. The minimum atomic E-state index is -0.343. The van der Waals surface area contributed by atoms with Gasteiger partial charge in [0.05, 0.1) is 6.42 Å². The third-order valence-corrected chi connectivity index (χ3v) is 4.61. The summed E-state index contributed by atoms with van der Waals surface area (Å²) in [5.41, 5.74) is 1.79. The molecule has 0 aromatic heterocycles. The van der Waals surface area contributed by atoms with Gasteiger partial charge in [-0.3, -0.25) is 9.59 Å². The molecule has 0 N–H and O–H groups in total. The zero-order chi connectivity index (χ0) is 19.2. The third kappa shape index (κ3) is 5.29. The minimum absolute atomic E-state index is 0.0136. The van der Waals surface area contributed by atoms with Gasteiger partial charge in [-0.2, -0.15) is 0 Å². The van der Waals surface area contributed by atoms with Gasteiger partial charge in [-0.25, -0.2) is 4.39 Å². The van der Waals surface area contributed by atoms with E-state index in [1.807, 2.05) is 31.2 Å². The summed E-state index contributed by atoms with van der Waals surface area (Å²) in [5, 5.41) is 0. The molecule has 6 heteroatoms. The minimum Gasteiger partial charge on any atom is -0.484 e. The van der Waals surface area contributed by atoms with Crippen LogP contribution < -0.4 is 4.74 Å². The van der Waals surface area contributed by atoms with Crippen molar-refractivity contribution in [1.82, 2.24) is 9.80 Å². The van der Waals surface area contributed by atoms with Crippen LogP contribution >= 0.6 is 0 Å². The molecular formula is C21H23FN2O3. The van der Waals surface area contributed by atoms with Crippen LogP contribution in [0, 0.1) is 12.7 Å². The van der Waals surface area contributed by atoms with E-state index in [0.29, 0.717) is 37.5 Å². The fourth-order valence-electron chi connectivity index (χ4n) is 3.01. The number of hydrogen-bond donors (Lipinski definition) is 0. The molecule has 0 radical (unpaired) electrons. The molecule has 1 aliphatic heterocycles. The smallest absolute Gasteiger partial charge is 0.260 e. The largest absolute Gasteiger partial charge is 0.484 e.